The minimum absolute atomic E-state index is 0.0641. The second-order valence-corrected chi connectivity index (χ2v) is 6.09. The smallest absolute Gasteiger partial charge is 0.251 e. The molecule has 0 saturated heterocycles. The van der Waals surface area contributed by atoms with Crippen molar-refractivity contribution in [1.29, 1.82) is 0 Å². The molecule has 2 rings (SSSR count). The molecule has 0 radical (unpaired) electrons. The number of nitrogens with one attached hydrogen (secondary N) is 2. The van der Waals surface area contributed by atoms with Gasteiger partial charge in [-0.3, -0.25) is 9.59 Å². The van der Waals surface area contributed by atoms with Crippen LogP contribution in [0, 0.1) is 0 Å². The summed E-state index contributed by atoms with van der Waals surface area (Å²) in [5, 5.41) is 5.41. The summed E-state index contributed by atoms with van der Waals surface area (Å²) in [5.74, 6) is 0.736. The number of hydrogen-bond acceptors (Lipinski definition) is 5. The SMILES string of the molecule is CCC(=O)Nc1cc(C(=O)NCc2ccc(OCC(C)F)c(OC)c2)ccn1. The van der Waals surface area contributed by atoms with Gasteiger partial charge in [-0.05, 0) is 36.8 Å². The van der Waals surface area contributed by atoms with Gasteiger partial charge in [-0.1, -0.05) is 13.0 Å². The standard InChI is InChI=1S/C20H24FN3O4/c1-4-19(25)24-18-10-15(7-8-22-18)20(26)23-11-14-5-6-16(17(9-14)27-3)28-12-13(2)21/h5-10,13H,4,11-12H2,1-3H3,(H,23,26)(H,22,24,25). The average molecular weight is 389 g/mol. The molecule has 0 bridgehead atoms. The van der Waals surface area contributed by atoms with Gasteiger partial charge in [0.25, 0.3) is 5.91 Å². The fraction of sp³-hybridized carbons (Fsp3) is 0.350. The van der Waals surface area contributed by atoms with Gasteiger partial charge < -0.3 is 20.1 Å². The molecule has 1 aromatic heterocycles. The Morgan fingerprint density at radius 2 is 2.00 bits per heavy atom. The van der Waals surface area contributed by atoms with Crippen LogP contribution in [0.15, 0.2) is 36.5 Å². The highest BCUT2D eigenvalue weighted by molar-refractivity contribution is 5.96. The van der Waals surface area contributed by atoms with Gasteiger partial charge in [0.15, 0.2) is 11.5 Å². The molecule has 8 heteroatoms. The Labute approximate surface area is 163 Å². The molecule has 7 nitrogen and oxygen atoms in total. The van der Waals surface area contributed by atoms with Gasteiger partial charge in [0, 0.05) is 24.7 Å². The van der Waals surface area contributed by atoms with Crippen molar-refractivity contribution in [1.82, 2.24) is 10.3 Å². The lowest BCUT2D eigenvalue weighted by Crippen LogP contribution is -2.23. The number of carbonyl (C=O) groups is 2. The molecule has 1 heterocycles. The maximum atomic E-state index is 13.0. The molecule has 1 aromatic carbocycles. The van der Waals surface area contributed by atoms with E-state index in [1.807, 2.05) is 0 Å². The summed E-state index contributed by atoms with van der Waals surface area (Å²) in [6.07, 6.45) is 0.696. The Morgan fingerprint density at radius 3 is 2.68 bits per heavy atom. The zero-order chi connectivity index (χ0) is 20.5. The predicted octanol–water partition coefficient (Wildman–Crippen LogP) is 3.11. The molecule has 2 aromatic rings. The van der Waals surface area contributed by atoms with Crippen molar-refractivity contribution in [2.24, 2.45) is 0 Å². The number of rotatable bonds is 9. The number of amides is 2. The molecule has 150 valence electrons. The third-order valence-electron chi connectivity index (χ3n) is 3.76. The minimum atomic E-state index is -1.09. The van der Waals surface area contributed by atoms with Crippen molar-refractivity contribution in [3.63, 3.8) is 0 Å². The molecular weight excluding hydrogens is 365 g/mol. The van der Waals surface area contributed by atoms with Gasteiger partial charge >= 0.3 is 0 Å². The van der Waals surface area contributed by atoms with Crippen molar-refractivity contribution >= 4 is 17.6 Å². The van der Waals surface area contributed by atoms with Crippen molar-refractivity contribution in [3.05, 3.63) is 47.7 Å². The average Bonchev–Trinajstić information content (AvgIpc) is 2.70. The van der Waals surface area contributed by atoms with Crippen LogP contribution in [0.3, 0.4) is 0 Å². The maximum absolute atomic E-state index is 13.0. The number of hydrogen-bond donors (Lipinski definition) is 2. The molecular formula is C20H24FN3O4. The lowest BCUT2D eigenvalue weighted by Gasteiger charge is -2.13. The Bertz CT molecular complexity index is 827. The van der Waals surface area contributed by atoms with Crippen LogP contribution in [0.2, 0.25) is 0 Å². The number of ether oxygens (including phenoxy) is 2. The Hall–Kier alpha value is -3.16. The minimum Gasteiger partial charge on any atom is -0.493 e. The van der Waals surface area contributed by atoms with Gasteiger partial charge in [-0.2, -0.15) is 0 Å². The highest BCUT2D eigenvalue weighted by Gasteiger charge is 2.11. The van der Waals surface area contributed by atoms with Crippen molar-refractivity contribution in [2.45, 2.75) is 33.0 Å². The van der Waals surface area contributed by atoms with E-state index >= 15 is 0 Å². The molecule has 1 unspecified atom stereocenters. The number of anilines is 1. The molecule has 0 aliphatic rings. The largest absolute Gasteiger partial charge is 0.493 e. The van der Waals surface area contributed by atoms with E-state index in [9.17, 15) is 14.0 Å². The summed E-state index contributed by atoms with van der Waals surface area (Å²) in [6.45, 7) is 3.34. The highest BCUT2D eigenvalue weighted by atomic mass is 19.1. The van der Waals surface area contributed by atoms with Crippen LogP contribution in [0.5, 0.6) is 11.5 Å². The van der Waals surface area contributed by atoms with E-state index in [1.165, 1.54) is 26.3 Å². The van der Waals surface area contributed by atoms with Crippen LogP contribution in [-0.2, 0) is 11.3 Å². The van der Waals surface area contributed by atoms with Crippen LogP contribution < -0.4 is 20.1 Å². The summed E-state index contributed by atoms with van der Waals surface area (Å²) in [4.78, 5) is 27.8. The molecule has 1 atom stereocenters. The molecule has 0 saturated carbocycles. The molecule has 2 amide bonds. The first-order chi connectivity index (χ1) is 13.4. The van der Waals surface area contributed by atoms with Crippen LogP contribution in [0.1, 0.15) is 36.2 Å². The van der Waals surface area contributed by atoms with E-state index in [2.05, 4.69) is 15.6 Å². The summed E-state index contributed by atoms with van der Waals surface area (Å²) >= 11 is 0. The second-order valence-electron chi connectivity index (χ2n) is 6.09. The molecule has 0 fully saturated rings. The summed E-state index contributed by atoms with van der Waals surface area (Å²) in [6, 6.07) is 8.23. The summed E-state index contributed by atoms with van der Waals surface area (Å²) in [5.41, 5.74) is 1.17. The van der Waals surface area contributed by atoms with Crippen molar-refractivity contribution < 1.29 is 23.5 Å². The Morgan fingerprint density at radius 1 is 1.21 bits per heavy atom. The van der Waals surface area contributed by atoms with Gasteiger partial charge in [0.2, 0.25) is 5.91 Å². The maximum Gasteiger partial charge on any atom is 0.251 e. The highest BCUT2D eigenvalue weighted by Crippen LogP contribution is 2.28. The van der Waals surface area contributed by atoms with Crippen LogP contribution in [-0.4, -0.2) is 36.7 Å². The fourth-order valence-electron chi connectivity index (χ4n) is 2.30. The van der Waals surface area contributed by atoms with E-state index in [4.69, 9.17) is 9.47 Å². The fourth-order valence-corrected chi connectivity index (χ4v) is 2.30. The molecule has 0 aliphatic carbocycles. The lowest BCUT2D eigenvalue weighted by atomic mass is 10.2. The van der Waals surface area contributed by atoms with Gasteiger partial charge in [-0.15, -0.1) is 0 Å². The molecule has 28 heavy (non-hydrogen) atoms. The van der Waals surface area contributed by atoms with Gasteiger partial charge in [-0.25, -0.2) is 9.37 Å². The summed E-state index contributed by atoms with van der Waals surface area (Å²) in [7, 11) is 1.49. The number of alkyl halides is 1. The zero-order valence-electron chi connectivity index (χ0n) is 16.1. The first-order valence-corrected chi connectivity index (χ1v) is 8.90. The number of benzene rings is 1. The zero-order valence-corrected chi connectivity index (χ0v) is 16.1. The topological polar surface area (TPSA) is 89.6 Å². The molecule has 0 aliphatic heterocycles. The quantitative estimate of drug-likeness (QED) is 0.688. The number of nitrogens with zero attached hydrogens (tertiary/aromatic N) is 1. The number of aromatic nitrogens is 1. The van der Waals surface area contributed by atoms with E-state index in [0.29, 0.717) is 29.3 Å². The normalized spacial score (nSPS) is 11.4. The molecule has 2 N–H and O–H groups in total. The first kappa shape index (κ1) is 21.1. The van der Waals surface area contributed by atoms with Gasteiger partial charge in [0.05, 0.1) is 7.11 Å². The third-order valence-corrected chi connectivity index (χ3v) is 3.76. The Balaban J connectivity index is 2.00. The van der Waals surface area contributed by atoms with Crippen LogP contribution in [0.4, 0.5) is 10.2 Å². The predicted molar refractivity (Wildman–Crippen MR) is 103 cm³/mol. The van der Waals surface area contributed by atoms with E-state index < -0.39 is 6.17 Å². The lowest BCUT2D eigenvalue weighted by molar-refractivity contribution is -0.115. The summed E-state index contributed by atoms with van der Waals surface area (Å²) < 4.78 is 23.6. The van der Waals surface area contributed by atoms with Crippen molar-refractivity contribution in [3.8, 4) is 11.5 Å². The number of methoxy groups -OCH3 is 1. The Kier molecular flexibility index (Phi) is 7.74. The number of halogens is 1. The number of pyridine rings is 1. The third kappa shape index (κ3) is 6.22. The molecule has 0 spiro atoms. The van der Waals surface area contributed by atoms with E-state index in [-0.39, 0.29) is 25.0 Å². The number of carbonyl (C=O) groups excluding carboxylic acids is 2. The monoisotopic (exact) mass is 389 g/mol. The van der Waals surface area contributed by atoms with Crippen molar-refractivity contribution in [2.75, 3.05) is 19.0 Å². The second kappa shape index (κ2) is 10.2. The van der Waals surface area contributed by atoms with E-state index in [0.717, 1.165) is 5.56 Å². The first-order valence-electron chi connectivity index (χ1n) is 8.90. The van der Waals surface area contributed by atoms with Crippen LogP contribution >= 0.6 is 0 Å². The van der Waals surface area contributed by atoms with Gasteiger partial charge in [0.1, 0.15) is 18.6 Å². The van der Waals surface area contributed by atoms with Crippen LogP contribution in [0.25, 0.3) is 0 Å². The van der Waals surface area contributed by atoms with E-state index in [1.54, 1.807) is 31.2 Å².